The van der Waals surface area contributed by atoms with Crippen LogP contribution in [0.3, 0.4) is 0 Å². The number of phenols is 1. The van der Waals surface area contributed by atoms with Gasteiger partial charge in [-0.15, -0.1) is 0 Å². The Bertz CT molecular complexity index is 520. The first kappa shape index (κ1) is 8.00. The third-order valence-corrected chi connectivity index (χ3v) is 1.96. The van der Waals surface area contributed by atoms with Crippen molar-refractivity contribution < 1.29 is 5.11 Å². The van der Waals surface area contributed by atoms with Gasteiger partial charge in [0.15, 0.2) is 4.77 Å². The van der Waals surface area contributed by atoms with Crippen LogP contribution in [0.4, 0.5) is 5.82 Å². The van der Waals surface area contributed by atoms with Gasteiger partial charge in [0.1, 0.15) is 11.6 Å². The molecule has 0 atom stereocenters. The molecule has 0 unspecified atom stereocenters. The fourth-order valence-electron chi connectivity index (χ4n) is 1.22. The van der Waals surface area contributed by atoms with Gasteiger partial charge in [0.2, 0.25) is 0 Å². The number of aromatic hydroxyl groups is 1. The number of nitrogens with zero attached hydrogens (tertiary/aromatic N) is 1. The molecule has 0 aliphatic carbocycles. The van der Waals surface area contributed by atoms with Crippen LogP contribution in [0.25, 0.3) is 10.9 Å². The molecule has 1 aromatic heterocycles. The van der Waals surface area contributed by atoms with E-state index in [4.69, 9.17) is 18.0 Å². The van der Waals surface area contributed by atoms with Gasteiger partial charge >= 0.3 is 0 Å². The fraction of sp³-hybridized carbons (Fsp3) is 0. The van der Waals surface area contributed by atoms with Gasteiger partial charge in [-0.05, 0) is 24.4 Å². The first-order chi connectivity index (χ1) is 6.18. The molecule has 1 heterocycles. The number of nitrogens with one attached hydrogen (secondary N) is 1. The largest absolute Gasteiger partial charge is 0.507 e. The Balaban J connectivity index is 3.03. The predicted octanol–water partition coefficient (Wildman–Crippen LogP) is 1.58. The van der Waals surface area contributed by atoms with Crippen LogP contribution in [0.5, 0.6) is 5.75 Å². The van der Waals surface area contributed by atoms with Crippen LogP contribution < -0.4 is 5.73 Å². The normalized spacial score (nSPS) is 10.5. The molecule has 0 aliphatic heterocycles. The minimum atomic E-state index is 0.105. The Morgan fingerprint density at radius 2 is 2.23 bits per heavy atom. The maximum atomic E-state index is 9.47. The van der Waals surface area contributed by atoms with Gasteiger partial charge in [-0.25, -0.2) is 4.98 Å². The molecule has 0 saturated carbocycles. The number of rotatable bonds is 0. The lowest BCUT2D eigenvalue weighted by atomic mass is 10.2. The van der Waals surface area contributed by atoms with E-state index in [9.17, 15) is 5.11 Å². The van der Waals surface area contributed by atoms with Crippen molar-refractivity contribution in [1.82, 2.24) is 9.97 Å². The molecule has 5 heteroatoms. The van der Waals surface area contributed by atoms with Crippen molar-refractivity contribution in [3.05, 3.63) is 23.0 Å². The molecule has 0 fully saturated rings. The number of nitrogen functional groups attached to an aromatic ring is 1. The summed E-state index contributed by atoms with van der Waals surface area (Å²) in [6.07, 6.45) is 0. The Morgan fingerprint density at radius 1 is 1.46 bits per heavy atom. The summed E-state index contributed by atoms with van der Waals surface area (Å²) in [5, 5.41) is 9.98. The zero-order valence-electron chi connectivity index (χ0n) is 6.61. The highest BCUT2D eigenvalue weighted by Gasteiger charge is 2.03. The average molecular weight is 193 g/mol. The van der Waals surface area contributed by atoms with Crippen LogP contribution in [0, 0.1) is 4.77 Å². The summed E-state index contributed by atoms with van der Waals surface area (Å²) in [7, 11) is 0. The molecular formula is C8H7N3OS. The van der Waals surface area contributed by atoms with E-state index in [2.05, 4.69) is 9.97 Å². The van der Waals surface area contributed by atoms with E-state index in [0.29, 0.717) is 15.7 Å². The van der Waals surface area contributed by atoms with E-state index in [0.717, 1.165) is 0 Å². The third kappa shape index (κ3) is 1.23. The van der Waals surface area contributed by atoms with Crippen LogP contribution in [0.15, 0.2) is 18.2 Å². The molecule has 0 bridgehead atoms. The monoisotopic (exact) mass is 193 g/mol. The van der Waals surface area contributed by atoms with Crippen LogP contribution in [0.2, 0.25) is 0 Å². The number of hydrogen-bond acceptors (Lipinski definition) is 4. The molecule has 0 radical (unpaired) electrons. The molecule has 66 valence electrons. The van der Waals surface area contributed by atoms with Gasteiger partial charge in [0.25, 0.3) is 0 Å². The van der Waals surface area contributed by atoms with Crippen molar-refractivity contribution in [2.45, 2.75) is 0 Å². The maximum Gasteiger partial charge on any atom is 0.199 e. The number of anilines is 1. The zero-order chi connectivity index (χ0) is 9.42. The van der Waals surface area contributed by atoms with Crippen LogP contribution >= 0.6 is 12.2 Å². The number of aromatic nitrogens is 2. The molecule has 0 aliphatic rings. The number of nitrogens with two attached hydrogens (primary N) is 1. The Morgan fingerprint density at radius 3 is 3.00 bits per heavy atom. The minimum absolute atomic E-state index is 0.105. The molecule has 1 aromatic carbocycles. The third-order valence-electron chi connectivity index (χ3n) is 1.76. The number of fused-ring (bicyclic) bond motifs is 1. The second kappa shape index (κ2) is 2.70. The van der Waals surface area contributed by atoms with Crippen molar-refractivity contribution >= 4 is 28.9 Å². The topological polar surface area (TPSA) is 74.9 Å². The predicted molar refractivity (Wildman–Crippen MR) is 53.0 cm³/mol. The second-order valence-electron chi connectivity index (χ2n) is 2.63. The Kier molecular flexibility index (Phi) is 1.66. The molecule has 2 aromatic rings. The summed E-state index contributed by atoms with van der Waals surface area (Å²) >= 11 is 4.84. The zero-order valence-corrected chi connectivity index (χ0v) is 7.43. The molecule has 4 nitrogen and oxygen atoms in total. The first-order valence-electron chi connectivity index (χ1n) is 3.66. The van der Waals surface area contributed by atoms with Gasteiger partial charge in [-0.3, -0.25) is 0 Å². The highest BCUT2D eigenvalue weighted by atomic mass is 32.1. The minimum Gasteiger partial charge on any atom is -0.507 e. The number of phenolic OH excluding ortho intramolecular Hbond substituents is 1. The summed E-state index contributed by atoms with van der Waals surface area (Å²) < 4.78 is 0.315. The Hall–Kier alpha value is -1.62. The van der Waals surface area contributed by atoms with E-state index in [-0.39, 0.29) is 11.6 Å². The molecule has 0 spiro atoms. The molecule has 13 heavy (non-hydrogen) atoms. The van der Waals surface area contributed by atoms with Crippen molar-refractivity contribution in [1.29, 1.82) is 0 Å². The van der Waals surface area contributed by atoms with Crippen molar-refractivity contribution in [3.63, 3.8) is 0 Å². The summed E-state index contributed by atoms with van der Waals surface area (Å²) in [6, 6.07) is 5.04. The van der Waals surface area contributed by atoms with E-state index in [1.165, 1.54) is 0 Å². The smallest absolute Gasteiger partial charge is 0.199 e. The van der Waals surface area contributed by atoms with Gasteiger partial charge < -0.3 is 15.8 Å². The van der Waals surface area contributed by atoms with E-state index in [1.54, 1.807) is 18.2 Å². The quantitative estimate of drug-likeness (QED) is 0.555. The van der Waals surface area contributed by atoms with Crippen LogP contribution in [-0.4, -0.2) is 15.1 Å². The lowest BCUT2D eigenvalue weighted by Crippen LogP contribution is -1.94. The van der Waals surface area contributed by atoms with E-state index >= 15 is 0 Å². The second-order valence-corrected chi connectivity index (χ2v) is 3.01. The Labute approximate surface area is 79.0 Å². The van der Waals surface area contributed by atoms with E-state index in [1.807, 2.05) is 0 Å². The SMILES string of the molecule is Nc1nc(=S)[nH]c2cccc(O)c12. The fourth-order valence-corrected chi connectivity index (χ4v) is 1.43. The average Bonchev–Trinajstić information content (AvgIpc) is 2.02. The molecule has 2 rings (SSSR count). The lowest BCUT2D eigenvalue weighted by Gasteiger charge is -2.02. The summed E-state index contributed by atoms with van der Waals surface area (Å²) in [5.41, 5.74) is 6.29. The van der Waals surface area contributed by atoms with Gasteiger partial charge in [0.05, 0.1) is 10.9 Å². The van der Waals surface area contributed by atoms with Crippen molar-refractivity contribution in [2.24, 2.45) is 0 Å². The van der Waals surface area contributed by atoms with Gasteiger partial charge in [-0.2, -0.15) is 0 Å². The van der Waals surface area contributed by atoms with Gasteiger partial charge in [0, 0.05) is 0 Å². The summed E-state index contributed by atoms with van der Waals surface area (Å²) in [5.74, 6) is 0.352. The maximum absolute atomic E-state index is 9.47. The molecule has 4 N–H and O–H groups in total. The molecule has 0 amide bonds. The first-order valence-corrected chi connectivity index (χ1v) is 4.07. The lowest BCUT2D eigenvalue weighted by molar-refractivity contribution is 0.481. The van der Waals surface area contributed by atoms with Crippen molar-refractivity contribution in [3.8, 4) is 5.75 Å². The van der Waals surface area contributed by atoms with Crippen LogP contribution in [-0.2, 0) is 0 Å². The number of benzene rings is 1. The number of aromatic amines is 1. The molecule has 0 saturated heterocycles. The number of hydrogen-bond donors (Lipinski definition) is 3. The molecular weight excluding hydrogens is 186 g/mol. The van der Waals surface area contributed by atoms with E-state index < -0.39 is 0 Å². The number of H-pyrrole nitrogens is 1. The van der Waals surface area contributed by atoms with Crippen LogP contribution in [0.1, 0.15) is 0 Å². The summed E-state index contributed by atoms with van der Waals surface area (Å²) in [4.78, 5) is 6.67. The van der Waals surface area contributed by atoms with Crippen molar-refractivity contribution in [2.75, 3.05) is 5.73 Å². The van der Waals surface area contributed by atoms with Gasteiger partial charge in [-0.1, -0.05) is 6.07 Å². The highest BCUT2D eigenvalue weighted by molar-refractivity contribution is 7.71. The summed E-state index contributed by atoms with van der Waals surface area (Å²) in [6.45, 7) is 0. The highest BCUT2D eigenvalue weighted by Crippen LogP contribution is 2.26. The standard InChI is InChI=1S/C8H7N3OS/c9-7-6-4(10-8(13)11-7)2-1-3-5(6)12/h1-3,12H,(H3,9,10,11,13).